The van der Waals surface area contributed by atoms with E-state index in [0.717, 1.165) is 29.4 Å². The second kappa shape index (κ2) is 5.56. The number of furan rings is 1. The van der Waals surface area contributed by atoms with Crippen LogP contribution < -0.4 is 5.32 Å². The number of carbonyl (C=O) groups excluding carboxylic acids is 1. The summed E-state index contributed by atoms with van der Waals surface area (Å²) in [6.45, 7) is 4.52. The number of hydrogen-bond acceptors (Lipinski definition) is 4. The second-order valence-corrected chi connectivity index (χ2v) is 7.28. The number of nitrogens with one attached hydrogen (secondary N) is 1. The van der Waals surface area contributed by atoms with Gasteiger partial charge in [0, 0.05) is 35.1 Å². The molecule has 3 aromatic rings. The van der Waals surface area contributed by atoms with E-state index >= 15 is 0 Å². The van der Waals surface area contributed by atoms with Crippen molar-refractivity contribution in [2.24, 2.45) is 5.92 Å². The Labute approximate surface area is 146 Å². The van der Waals surface area contributed by atoms with Gasteiger partial charge in [-0.05, 0) is 44.8 Å². The fraction of sp³-hybridized carbons (Fsp3) is 0.400. The first-order valence-electron chi connectivity index (χ1n) is 9.03. The van der Waals surface area contributed by atoms with Crippen LogP contribution in [0.2, 0.25) is 0 Å². The zero-order chi connectivity index (χ0) is 17.0. The molecule has 6 rings (SSSR count). The first-order chi connectivity index (χ1) is 12.2. The van der Waals surface area contributed by atoms with Gasteiger partial charge < -0.3 is 9.73 Å². The van der Waals surface area contributed by atoms with Crippen LogP contribution in [0.4, 0.5) is 0 Å². The standard InChI is InChI=1S/C20H21N3O2/c1-12-19(13-6-8-23(12)9-7-13)22-20(24)16-10-18-15(11-21-16)14-4-2-3-5-17(14)25-18/h2-5,10-13,19H,6-9H2,1H3,(H,22,24)/t12-,19+/m1/s1. The molecule has 0 spiro atoms. The molecule has 5 heteroatoms. The summed E-state index contributed by atoms with van der Waals surface area (Å²) < 4.78 is 5.88. The number of carbonyl (C=O) groups is 1. The van der Waals surface area contributed by atoms with E-state index < -0.39 is 0 Å². The lowest BCUT2D eigenvalue weighted by atomic mass is 9.79. The number of rotatable bonds is 2. The molecule has 1 amide bonds. The lowest BCUT2D eigenvalue weighted by molar-refractivity contribution is 0.0216. The molecule has 0 radical (unpaired) electrons. The number of para-hydroxylation sites is 1. The van der Waals surface area contributed by atoms with E-state index in [1.54, 1.807) is 12.3 Å². The molecule has 3 fully saturated rings. The van der Waals surface area contributed by atoms with Gasteiger partial charge in [-0.3, -0.25) is 14.7 Å². The summed E-state index contributed by atoms with van der Waals surface area (Å²) in [4.78, 5) is 19.6. The van der Waals surface area contributed by atoms with Crippen LogP contribution in [0.3, 0.4) is 0 Å². The molecule has 3 aliphatic heterocycles. The molecule has 128 valence electrons. The lowest BCUT2D eigenvalue weighted by Gasteiger charge is -2.49. The highest BCUT2D eigenvalue weighted by molar-refractivity contribution is 6.06. The van der Waals surface area contributed by atoms with Crippen molar-refractivity contribution < 1.29 is 9.21 Å². The minimum absolute atomic E-state index is 0.104. The third kappa shape index (κ3) is 2.34. The predicted molar refractivity (Wildman–Crippen MR) is 96.5 cm³/mol. The Morgan fingerprint density at radius 3 is 2.80 bits per heavy atom. The summed E-state index contributed by atoms with van der Waals surface area (Å²) in [5, 5.41) is 5.21. The Kier molecular flexibility index (Phi) is 3.31. The quantitative estimate of drug-likeness (QED) is 0.781. The summed E-state index contributed by atoms with van der Waals surface area (Å²) in [5.74, 6) is 0.479. The van der Waals surface area contributed by atoms with Crippen LogP contribution in [-0.2, 0) is 0 Å². The third-order valence-electron chi connectivity index (χ3n) is 5.97. The molecule has 3 saturated heterocycles. The molecule has 0 saturated carbocycles. The van der Waals surface area contributed by atoms with Crippen molar-refractivity contribution in [3.8, 4) is 0 Å². The molecule has 1 aromatic carbocycles. The average molecular weight is 335 g/mol. The van der Waals surface area contributed by atoms with Gasteiger partial charge in [0.05, 0.1) is 0 Å². The van der Waals surface area contributed by atoms with Gasteiger partial charge in [-0.1, -0.05) is 18.2 Å². The fourth-order valence-electron chi connectivity index (χ4n) is 4.52. The molecule has 2 aromatic heterocycles. The maximum atomic E-state index is 12.8. The maximum Gasteiger partial charge on any atom is 0.270 e. The van der Waals surface area contributed by atoms with Crippen molar-refractivity contribution in [3.63, 3.8) is 0 Å². The van der Waals surface area contributed by atoms with E-state index in [1.807, 2.05) is 24.3 Å². The van der Waals surface area contributed by atoms with Crippen LogP contribution in [0.5, 0.6) is 0 Å². The van der Waals surface area contributed by atoms with Gasteiger partial charge in [0.2, 0.25) is 0 Å². The minimum atomic E-state index is -0.104. The van der Waals surface area contributed by atoms with E-state index in [-0.39, 0.29) is 11.9 Å². The Morgan fingerprint density at radius 1 is 1.20 bits per heavy atom. The number of nitrogens with zero attached hydrogens (tertiary/aromatic N) is 2. The molecule has 5 nitrogen and oxygen atoms in total. The van der Waals surface area contributed by atoms with Gasteiger partial charge in [-0.15, -0.1) is 0 Å². The summed E-state index contributed by atoms with van der Waals surface area (Å²) in [6.07, 6.45) is 4.09. The summed E-state index contributed by atoms with van der Waals surface area (Å²) in [5.41, 5.74) is 1.96. The molecule has 25 heavy (non-hydrogen) atoms. The Bertz CT molecular complexity index is 954. The van der Waals surface area contributed by atoms with Crippen molar-refractivity contribution in [2.45, 2.75) is 31.8 Å². The van der Waals surface area contributed by atoms with E-state index in [9.17, 15) is 4.79 Å². The van der Waals surface area contributed by atoms with Gasteiger partial charge >= 0.3 is 0 Å². The van der Waals surface area contributed by atoms with E-state index in [1.165, 1.54) is 12.8 Å². The summed E-state index contributed by atoms with van der Waals surface area (Å²) in [6, 6.07) is 10.2. The number of piperidine rings is 3. The highest BCUT2D eigenvalue weighted by Gasteiger charge is 2.40. The molecule has 3 aliphatic rings. The summed E-state index contributed by atoms with van der Waals surface area (Å²) >= 11 is 0. The van der Waals surface area contributed by atoms with Crippen LogP contribution in [-0.4, -0.2) is 41.0 Å². The molecule has 2 bridgehead atoms. The number of amides is 1. The van der Waals surface area contributed by atoms with E-state index in [0.29, 0.717) is 23.2 Å². The van der Waals surface area contributed by atoms with E-state index in [2.05, 4.69) is 22.1 Å². The Hall–Kier alpha value is -2.40. The van der Waals surface area contributed by atoms with Crippen molar-refractivity contribution in [3.05, 3.63) is 42.2 Å². The van der Waals surface area contributed by atoms with Gasteiger partial charge in [0.15, 0.2) is 0 Å². The third-order valence-corrected chi connectivity index (χ3v) is 5.97. The SMILES string of the molecule is C[C@@H]1[C@H](NC(=O)c2cc3oc4ccccc4c3cn2)C2CCN1CC2. The molecular weight excluding hydrogens is 314 g/mol. The summed E-state index contributed by atoms with van der Waals surface area (Å²) in [7, 11) is 0. The Balaban J connectivity index is 1.44. The van der Waals surface area contributed by atoms with Crippen LogP contribution in [0.1, 0.15) is 30.3 Å². The first-order valence-corrected chi connectivity index (χ1v) is 9.03. The maximum absolute atomic E-state index is 12.8. The first kappa shape index (κ1) is 14.9. The number of benzene rings is 1. The topological polar surface area (TPSA) is 58.4 Å². The molecular formula is C20H21N3O2. The lowest BCUT2D eigenvalue weighted by Crippen LogP contribution is -2.62. The van der Waals surface area contributed by atoms with Crippen molar-refractivity contribution >= 4 is 27.8 Å². The minimum Gasteiger partial charge on any atom is -0.456 e. The van der Waals surface area contributed by atoms with Gasteiger partial charge in [0.25, 0.3) is 5.91 Å². The molecule has 0 unspecified atom stereocenters. The zero-order valence-electron chi connectivity index (χ0n) is 14.2. The molecule has 5 heterocycles. The predicted octanol–water partition coefficient (Wildman–Crippen LogP) is 3.19. The van der Waals surface area contributed by atoms with Crippen LogP contribution >= 0.6 is 0 Å². The molecule has 2 atom stereocenters. The number of hydrogen-bond donors (Lipinski definition) is 1. The number of pyridine rings is 1. The van der Waals surface area contributed by atoms with Crippen molar-refractivity contribution in [1.29, 1.82) is 0 Å². The highest BCUT2D eigenvalue weighted by Crippen LogP contribution is 2.32. The Morgan fingerprint density at radius 2 is 2.00 bits per heavy atom. The van der Waals surface area contributed by atoms with Crippen molar-refractivity contribution in [1.82, 2.24) is 15.2 Å². The number of aromatic nitrogens is 1. The largest absolute Gasteiger partial charge is 0.456 e. The van der Waals surface area contributed by atoms with Crippen LogP contribution in [0.15, 0.2) is 40.9 Å². The van der Waals surface area contributed by atoms with Crippen LogP contribution in [0.25, 0.3) is 21.9 Å². The van der Waals surface area contributed by atoms with Crippen LogP contribution in [0, 0.1) is 5.92 Å². The van der Waals surface area contributed by atoms with Gasteiger partial charge in [0.1, 0.15) is 16.9 Å². The normalized spacial score (nSPS) is 28.5. The average Bonchev–Trinajstić information content (AvgIpc) is 3.02. The van der Waals surface area contributed by atoms with E-state index in [4.69, 9.17) is 4.42 Å². The number of fused-ring (bicyclic) bond motifs is 6. The van der Waals surface area contributed by atoms with Crippen molar-refractivity contribution in [2.75, 3.05) is 13.1 Å². The monoisotopic (exact) mass is 335 g/mol. The van der Waals surface area contributed by atoms with Gasteiger partial charge in [-0.25, -0.2) is 0 Å². The second-order valence-electron chi connectivity index (χ2n) is 7.28. The fourth-order valence-corrected chi connectivity index (χ4v) is 4.52. The zero-order valence-corrected chi connectivity index (χ0v) is 14.2. The van der Waals surface area contributed by atoms with Gasteiger partial charge in [-0.2, -0.15) is 0 Å². The highest BCUT2D eigenvalue weighted by atomic mass is 16.3. The molecule has 1 N–H and O–H groups in total. The molecule has 0 aliphatic carbocycles. The smallest absolute Gasteiger partial charge is 0.270 e.